The SMILES string of the molecule is CS(=O)(=O)NCc1cc(C(=O)Nc2cncnc2)ccn1. The minimum atomic E-state index is -3.31. The highest BCUT2D eigenvalue weighted by atomic mass is 32.2. The Morgan fingerprint density at radius 3 is 2.67 bits per heavy atom. The fourth-order valence-corrected chi connectivity index (χ4v) is 1.90. The average Bonchev–Trinajstić information content (AvgIpc) is 2.46. The molecule has 0 saturated heterocycles. The van der Waals surface area contributed by atoms with Crippen LogP contribution in [-0.4, -0.2) is 35.5 Å². The molecular formula is C12H13N5O3S. The van der Waals surface area contributed by atoms with Gasteiger partial charge in [-0.25, -0.2) is 23.1 Å². The van der Waals surface area contributed by atoms with Crippen LogP contribution in [0.2, 0.25) is 0 Å². The second-order valence-corrected chi connectivity index (χ2v) is 6.04. The fourth-order valence-electron chi connectivity index (χ4n) is 1.49. The van der Waals surface area contributed by atoms with Crippen LogP contribution in [0.25, 0.3) is 0 Å². The van der Waals surface area contributed by atoms with Crippen molar-refractivity contribution in [2.75, 3.05) is 11.6 Å². The Hall–Kier alpha value is -2.39. The van der Waals surface area contributed by atoms with Crippen LogP contribution >= 0.6 is 0 Å². The van der Waals surface area contributed by atoms with Gasteiger partial charge in [-0.15, -0.1) is 0 Å². The number of hydrogen-bond acceptors (Lipinski definition) is 6. The number of nitrogens with zero attached hydrogens (tertiary/aromatic N) is 3. The lowest BCUT2D eigenvalue weighted by Crippen LogP contribution is -2.22. The van der Waals surface area contributed by atoms with Crippen molar-refractivity contribution in [2.45, 2.75) is 6.54 Å². The molecule has 110 valence electrons. The van der Waals surface area contributed by atoms with Gasteiger partial charge in [-0.2, -0.15) is 0 Å². The fraction of sp³-hybridized carbons (Fsp3) is 0.167. The van der Waals surface area contributed by atoms with E-state index in [1.165, 1.54) is 37.1 Å². The number of carbonyl (C=O) groups is 1. The van der Waals surface area contributed by atoms with E-state index in [1.807, 2.05) is 0 Å². The molecule has 9 heteroatoms. The molecule has 0 aromatic carbocycles. The largest absolute Gasteiger partial charge is 0.319 e. The maximum absolute atomic E-state index is 12.0. The third-order valence-electron chi connectivity index (χ3n) is 2.41. The number of aromatic nitrogens is 3. The molecule has 0 radical (unpaired) electrons. The normalized spacial score (nSPS) is 11.1. The van der Waals surface area contributed by atoms with Crippen LogP contribution in [-0.2, 0) is 16.6 Å². The first-order valence-electron chi connectivity index (χ1n) is 5.90. The highest BCUT2D eigenvalue weighted by Crippen LogP contribution is 2.07. The van der Waals surface area contributed by atoms with Gasteiger partial charge in [-0.3, -0.25) is 9.78 Å². The highest BCUT2D eigenvalue weighted by Gasteiger charge is 2.09. The Morgan fingerprint density at radius 1 is 1.29 bits per heavy atom. The van der Waals surface area contributed by atoms with Crippen LogP contribution in [0.1, 0.15) is 16.1 Å². The summed E-state index contributed by atoms with van der Waals surface area (Å²) in [6, 6.07) is 3.04. The number of sulfonamides is 1. The summed E-state index contributed by atoms with van der Waals surface area (Å²) in [4.78, 5) is 23.6. The topological polar surface area (TPSA) is 114 Å². The first-order valence-corrected chi connectivity index (χ1v) is 7.79. The molecule has 0 bridgehead atoms. The second kappa shape index (κ2) is 6.37. The van der Waals surface area contributed by atoms with Gasteiger partial charge in [0.1, 0.15) is 6.33 Å². The van der Waals surface area contributed by atoms with Crippen molar-refractivity contribution >= 4 is 21.6 Å². The van der Waals surface area contributed by atoms with Gasteiger partial charge in [0.2, 0.25) is 10.0 Å². The molecule has 2 rings (SSSR count). The van der Waals surface area contributed by atoms with Gasteiger partial charge in [0.15, 0.2) is 0 Å². The summed E-state index contributed by atoms with van der Waals surface area (Å²) in [6.45, 7) is 0.0222. The van der Waals surface area contributed by atoms with Crippen molar-refractivity contribution < 1.29 is 13.2 Å². The van der Waals surface area contributed by atoms with Gasteiger partial charge < -0.3 is 5.32 Å². The summed E-state index contributed by atoms with van der Waals surface area (Å²) < 4.78 is 24.4. The predicted molar refractivity (Wildman–Crippen MR) is 75.9 cm³/mol. The van der Waals surface area contributed by atoms with Gasteiger partial charge in [0.25, 0.3) is 5.91 Å². The smallest absolute Gasteiger partial charge is 0.255 e. The Kier molecular flexibility index (Phi) is 4.55. The van der Waals surface area contributed by atoms with E-state index in [1.54, 1.807) is 0 Å². The highest BCUT2D eigenvalue weighted by molar-refractivity contribution is 7.88. The lowest BCUT2D eigenvalue weighted by molar-refractivity contribution is 0.102. The monoisotopic (exact) mass is 307 g/mol. The number of amides is 1. The Bertz CT molecular complexity index is 734. The van der Waals surface area contributed by atoms with Crippen LogP contribution in [0.15, 0.2) is 37.1 Å². The molecule has 0 fully saturated rings. The van der Waals surface area contributed by atoms with E-state index < -0.39 is 10.0 Å². The summed E-state index contributed by atoms with van der Waals surface area (Å²) in [5, 5.41) is 2.63. The van der Waals surface area contributed by atoms with Gasteiger partial charge >= 0.3 is 0 Å². The summed E-state index contributed by atoms with van der Waals surface area (Å²) in [5.74, 6) is -0.354. The van der Waals surface area contributed by atoms with E-state index in [9.17, 15) is 13.2 Å². The summed E-state index contributed by atoms with van der Waals surface area (Å²) in [5.41, 5.74) is 1.27. The average molecular weight is 307 g/mol. The van der Waals surface area contributed by atoms with E-state index >= 15 is 0 Å². The molecule has 2 aromatic rings. The van der Waals surface area contributed by atoms with E-state index in [4.69, 9.17) is 0 Å². The number of nitrogens with one attached hydrogen (secondary N) is 2. The molecule has 21 heavy (non-hydrogen) atoms. The standard InChI is InChI=1S/C12H13N5O3S/c1-21(19,20)16-7-10-4-9(2-3-15-10)12(18)17-11-5-13-8-14-6-11/h2-6,8,16H,7H2,1H3,(H,17,18). The third kappa shape index (κ3) is 4.89. The first-order chi connectivity index (χ1) is 9.94. The molecule has 0 unspecified atom stereocenters. The molecule has 1 amide bonds. The Labute approximate surface area is 121 Å². The molecular weight excluding hydrogens is 294 g/mol. The molecule has 8 nitrogen and oxygen atoms in total. The zero-order valence-corrected chi connectivity index (χ0v) is 12.0. The maximum atomic E-state index is 12.0. The second-order valence-electron chi connectivity index (χ2n) is 4.21. The van der Waals surface area contributed by atoms with Crippen molar-refractivity contribution in [3.63, 3.8) is 0 Å². The van der Waals surface area contributed by atoms with Crippen LogP contribution in [0.5, 0.6) is 0 Å². The number of anilines is 1. The lowest BCUT2D eigenvalue weighted by atomic mass is 10.2. The molecule has 0 atom stereocenters. The molecule has 0 aliphatic heterocycles. The minimum absolute atomic E-state index is 0.0222. The van der Waals surface area contributed by atoms with Gasteiger partial charge in [0.05, 0.1) is 36.6 Å². The maximum Gasteiger partial charge on any atom is 0.255 e. The first kappa shape index (κ1) is 15.0. The van der Waals surface area contributed by atoms with E-state index in [0.717, 1.165) is 6.26 Å². The zero-order chi connectivity index (χ0) is 15.3. The third-order valence-corrected chi connectivity index (χ3v) is 3.08. The summed E-state index contributed by atoms with van der Waals surface area (Å²) >= 11 is 0. The zero-order valence-electron chi connectivity index (χ0n) is 11.1. The number of hydrogen-bond donors (Lipinski definition) is 2. The predicted octanol–water partition coefficient (Wildman–Crippen LogP) is 0.173. The molecule has 0 aliphatic carbocycles. The van der Waals surface area contributed by atoms with Crippen molar-refractivity contribution in [1.29, 1.82) is 0 Å². The summed E-state index contributed by atoms with van der Waals surface area (Å²) in [6.07, 6.45) is 6.79. The molecule has 0 spiro atoms. The van der Waals surface area contributed by atoms with Crippen LogP contribution < -0.4 is 10.0 Å². The number of pyridine rings is 1. The van der Waals surface area contributed by atoms with E-state index in [2.05, 4.69) is 25.0 Å². The quantitative estimate of drug-likeness (QED) is 0.814. The van der Waals surface area contributed by atoms with Gasteiger partial charge in [-0.1, -0.05) is 0 Å². The van der Waals surface area contributed by atoms with Crippen molar-refractivity contribution in [3.8, 4) is 0 Å². The summed E-state index contributed by atoms with van der Waals surface area (Å²) in [7, 11) is -3.31. The Morgan fingerprint density at radius 2 is 2.00 bits per heavy atom. The molecule has 2 heterocycles. The van der Waals surface area contributed by atoms with E-state index in [0.29, 0.717) is 16.9 Å². The van der Waals surface area contributed by atoms with Crippen LogP contribution in [0.3, 0.4) is 0 Å². The number of carbonyl (C=O) groups excluding carboxylic acids is 1. The number of rotatable bonds is 5. The minimum Gasteiger partial charge on any atom is -0.319 e. The van der Waals surface area contributed by atoms with Crippen LogP contribution in [0, 0.1) is 0 Å². The lowest BCUT2D eigenvalue weighted by Gasteiger charge is -2.06. The molecule has 2 aromatic heterocycles. The Balaban J connectivity index is 2.08. The van der Waals surface area contributed by atoms with Gasteiger partial charge in [0, 0.05) is 11.8 Å². The molecule has 0 saturated carbocycles. The van der Waals surface area contributed by atoms with Crippen molar-refractivity contribution in [1.82, 2.24) is 19.7 Å². The van der Waals surface area contributed by atoms with Crippen molar-refractivity contribution in [3.05, 3.63) is 48.3 Å². The van der Waals surface area contributed by atoms with Crippen molar-refractivity contribution in [2.24, 2.45) is 0 Å². The molecule has 2 N–H and O–H groups in total. The van der Waals surface area contributed by atoms with E-state index in [-0.39, 0.29) is 12.5 Å². The van der Waals surface area contributed by atoms with Crippen LogP contribution in [0.4, 0.5) is 5.69 Å². The molecule has 0 aliphatic rings. The van der Waals surface area contributed by atoms with Gasteiger partial charge in [-0.05, 0) is 12.1 Å².